The fraction of sp³-hybridized carbons (Fsp3) is 0.385. The maximum atomic E-state index is 12.0. The van der Waals surface area contributed by atoms with Crippen molar-refractivity contribution in [3.8, 4) is 11.5 Å². The van der Waals surface area contributed by atoms with Crippen molar-refractivity contribution in [1.82, 2.24) is 4.90 Å². The van der Waals surface area contributed by atoms with E-state index in [0.717, 1.165) is 0 Å². The van der Waals surface area contributed by atoms with E-state index in [9.17, 15) is 9.59 Å². The van der Waals surface area contributed by atoms with E-state index in [-0.39, 0.29) is 12.5 Å². The molecule has 1 atom stereocenters. The van der Waals surface area contributed by atoms with Crippen LogP contribution in [0, 0.1) is 6.07 Å². The molecule has 1 aliphatic heterocycles. The van der Waals surface area contributed by atoms with Crippen LogP contribution in [0.4, 0.5) is 0 Å². The zero-order valence-corrected chi connectivity index (χ0v) is 10.8. The van der Waals surface area contributed by atoms with E-state index in [2.05, 4.69) is 6.07 Å². The third-order valence-corrected chi connectivity index (χ3v) is 2.76. The number of nitrogens with zero attached hydrogens (tertiary/aromatic N) is 1. The lowest BCUT2D eigenvalue weighted by Crippen LogP contribution is -2.33. The highest BCUT2D eigenvalue weighted by Gasteiger charge is 2.26. The first kappa shape index (κ1) is 13.2. The number of hydrogen-bond acceptors (Lipinski definition) is 4. The van der Waals surface area contributed by atoms with E-state index in [0.29, 0.717) is 23.5 Å². The molecule has 1 aliphatic rings. The molecule has 1 radical (unpaired) electrons. The first-order valence-electron chi connectivity index (χ1n) is 5.85. The minimum Gasteiger partial charge on any atom is -0.489 e. The molecule has 2 amide bonds. The van der Waals surface area contributed by atoms with Crippen LogP contribution in [0.2, 0.25) is 0 Å². The molecule has 101 valence electrons. The molecular weight excluding hydrogens is 248 g/mol. The Balaban J connectivity index is 2.40. The van der Waals surface area contributed by atoms with Gasteiger partial charge in [0.25, 0.3) is 11.8 Å². The van der Waals surface area contributed by atoms with Gasteiger partial charge in [-0.15, -0.1) is 0 Å². The maximum Gasteiger partial charge on any atom is 0.258 e. The summed E-state index contributed by atoms with van der Waals surface area (Å²) in [5.41, 5.74) is 5.59. The third-order valence-electron chi connectivity index (χ3n) is 2.76. The highest BCUT2D eigenvalue weighted by Crippen LogP contribution is 2.34. The summed E-state index contributed by atoms with van der Waals surface area (Å²) in [6.07, 6.45) is -0.404. The Morgan fingerprint density at radius 3 is 2.79 bits per heavy atom. The molecule has 1 unspecified atom stereocenters. The van der Waals surface area contributed by atoms with Crippen LogP contribution in [0.5, 0.6) is 11.5 Å². The van der Waals surface area contributed by atoms with E-state index < -0.39 is 12.0 Å². The number of ether oxygens (including phenoxy) is 2. The Hall–Kier alpha value is -2.24. The first-order chi connectivity index (χ1) is 9.00. The van der Waals surface area contributed by atoms with Gasteiger partial charge in [-0.3, -0.25) is 9.59 Å². The molecule has 0 saturated heterocycles. The van der Waals surface area contributed by atoms with Gasteiger partial charge in [-0.1, -0.05) is 0 Å². The lowest BCUT2D eigenvalue weighted by Gasteiger charge is -2.16. The van der Waals surface area contributed by atoms with Crippen LogP contribution in [0.25, 0.3) is 0 Å². The monoisotopic (exact) mass is 263 g/mol. The normalized spacial score (nSPS) is 17.5. The Morgan fingerprint density at radius 2 is 2.16 bits per heavy atom. The Kier molecular flexibility index (Phi) is 3.59. The molecule has 1 heterocycles. The molecule has 0 bridgehead atoms. The van der Waals surface area contributed by atoms with Crippen molar-refractivity contribution in [3.05, 3.63) is 23.8 Å². The van der Waals surface area contributed by atoms with Gasteiger partial charge in [-0.05, 0) is 18.2 Å². The standard InChI is InChI=1S/C13H15N2O4/c1-15(2)13(17)8-4-3-5-9-11(8)18-7-6-10(19-9)12(14)16/h4-5,10H,6-7H2,1-2H3,(H2,14,16). The highest BCUT2D eigenvalue weighted by atomic mass is 16.5. The summed E-state index contributed by atoms with van der Waals surface area (Å²) in [5, 5.41) is 0. The van der Waals surface area contributed by atoms with Gasteiger partial charge in [0.05, 0.1) is 12.2 Å². The van der Waals surface area contributed by atoms with Crippen LogP contribution in [-0.2, 0) is 4.79 Å². The zero-order chi connectivity index (χ0) is 14.0. The molecule has 0 fully saturated rings. The minimum absolute atomic E-state index is 0.214. The third kappa shape index (κ3) is 2.62. The second kappa shape index (κ2) is 5.17. The fourth-order valence-corrected chi connectivity index (χ4v) is 1.78. The van der Waals surface area contributed by atoms with Gasteiger partial charge in [-0.2, -0.15) is 0 Å². The van der Waals surface area contributed by atoms with E-state index in [4.69, 9.17) is 15.2 Å². The van der Waals surface area contributed by atoms with Crippen LogP contribution in [0.1, 0.15) is 16.8 Å². The minimum atomic E-state index is -0.751. The molecule has 0 aromatic heterocycles. The highest BCUT2D eigenvalue weighted by molar-refractivity contribution is 5.97. The van der Waals surface area contributed by atoms with Crippen molar-refractivity contribution < 1.29 is 19.1 Å². The predicted molar refractivity (Wildman–Crippen MR) is 67.0 cm³/mol. The largest absolute Gasteiger partial charge is 0.489 e. The number of primary amides is 1. The summed E-state index contributed by atoms with van der Waals surface area (Å²) in [6.45, 7) is 0.262. The number of rotatable bonds is 2. The maximum absolute atomic E-state index is 12.0. The molecule has 2 rings (SSSR count). The van der Waals surface area contributed by atoms with Gasteiger partial charge >= 0.3 is 0 Å². The Morgan fingerprint density at radius 1 is 1.42 bits per heavy atom. The molecule has 19 heavy (non-hydrogen) atoms. The van der Waals surface area contributed by atoms with Crippen LogP contribution in [0.3, 0.4) is 0 Å². The number of hydrogen-bond donors (Lipinski definition) is 1. The smallest absolute Gasteiger partial charge is 0.258 e. The van der Waals surface area contributed by atoms with Gasteiger partial charge in [-0.25, -0.2) is 0 Å². The quantitative estimate of drug-likeness (QED) is 0.826. The average Bonchev–Trinajstić information content (AvgIpc) is 2.59. The van der Waals surface area contributed by atoms with Crippen LogP contribution in [-0.4, -0.2) is 43.5 Å². The lowest BCUT2D eigenvalue weighted by molar-refractivity contribution is -0.124. The van der Waals surface area contributed by atoms with Gasteiger partial charge < -0.3 is 20.1 Å². The van der Waals surface area contributed by atoms with Gasteiger partial charge in [0, 0.05) is 20.5 Å². The van der Waals surface area contributed by atoms with E-state index >= 15 is 0 Å². The van der Waals surface area contributed by atoms with Gasteiger partial charge in [0.15, 0.2) is 17.6 Å². The molecule has 0 spiro atoms. The van der Waals surface area contributed by atoms with Gasteiger partial charge in [0.1, 0.15) is 0 Å². The van der Waals surface area contributed by atoms with Crippen molar-refractivity contribution in [1.29, 1.82) is 0 Å². The number of carbonyl (C=O) groups is 2. The zero-order valence-electron chi connectivity index (χ0n) is 10.8. The Labute approximate surface area is 111 Å². The summed E-state index contributed by atoms with van der Waals surface area (Å²) in [5.74, 6) is -0.120. The fourth-order valence-electron chi connectivity index (χ4n) is 1.78. The van der Waals surface area contributed by atoms with E-state index in [1.54, 1.807) is 14.1 Å². The summed E-state index contributed by atoms with van der Waals surface area (Å²) in [7, 11) is 3.29. The molecule has 1 aromatic carbocycles. The van der Waals surface area contributed by atoms with Crippen molar-refractivity contribution >= 4 is 11.8 Å². The molecule has 1 aromatic rings. The van der Waals surface area contributed by atoms with Crippen LogP contribution < -0.4 is 15.2 Å². The first-order valence-corrected chi connectivity index (χ1v) is 5.85. The van der Waals surface area contributed by atoms with Crippen LogP contribution >= 0.6 is 0 Å². The van der Waals surface area contributed by atoms with Gasteiger partial charge in [0.2, 0.25) is 0 Å². The van der Waals surface area contributed by atoms with E-state index in [1.807, 2.05) is 0 Å². The molecule has 0 saturated carbocycles. The van der Waals surface area contributed by atoms with Crippen molar-refractivity contribution in [3.63, 3.8) is 0 Å². The second-order valence-corrected chi connectivity index (χ2v) is 4.41. The summed E-state index contributed by atoms with van der Waals surface area (Å²) < 4.78 is 11.0. The average molecular weight is 263 g/mol. The van der Waals surface area contributed by atoms with Crippen molar-refractivity contribution in [2.24, 2.45) is 5.73 Å². The summed E-state index contributed by atoms with van der Waals surface area (Å²) >= 11 is 0. The molecule has 2 N–H and O–H groups in total. The molecular formula is C13H15N2O4. The predicted octanol–water partition coefficient (Wildman–Crippen LogP) is 0.204. The number of carbonyl (C=O) groups excluding carboxylic acids is 2. The Bertz CT molecular complexity index is 513. The lowest BCUT2D eigenvalue weighted by atomic mass is 10.1. The number of amides is 2. The number of nitrogens with two attached hydrogens (primary N) is 1. The van der Waals surface area contributed by atoms with Crippen LogP contribution in [0.15, 0.2) is 12.1 Å². The molecule has 0 aliphatic carbocycles. The van der Waals surface area contributed by atoms with Crippen molar-refractivity contribution in [2.75, 3.05) is 20.7 Å². The summed E-state index contributed by atoms with van der Waals surface area (Å²) in [4.78, 5) is 24.7. The molecule has 6 nitrogen and oxygen atoms in total. The number of fused-ring (bicyclic) bond motifs is 1. The summed E-state index contributed by atoms with van der Waals surface area (Å²) in [6, 6.07) is 5.88. The topological polar surface area (TPSA) is 81.9 Å². The molecule has 6 heteroatoms. The van der Waals surface area contributed by atoms with E-state index in [1.165, 1.54) is 17.0 Å². The second-order valence-electron chi connectivity index (χ2n) is 4.41. The number of benzene rings is 1. The van der Waals surface area contributed by atoms with Crippen molar-refractivity contribution in [2.45, 2.75) is 12.5 Å². The SMILES string of the molecule is CN(C)C(=O)c1c[c]cc2c1OCCC(C(N)=O)O2.